The summed E-state index contributed by atoms with van der Waals surface area (Å²) in [6.45, 7) is 5.95. The Bertz CT molecular complexity index is 846. The van der Waals surface area contributed by atoms with Crippen LogP contribution in [-0.2, 0) is 23.9 Å². The topological polar surface area (TPSA) is 131 Å². The summed E-state index contributed by atoms with van der Waals surface area (Å²) in [7, 11) is 0. The third-order valence-corrected chi connectivity index (χ3v) is 4.10. The van der Waals surface area contributed by atoms with Gasteiger partial charge in [0.05, 0.1) is 18.1 Å². The maximum atomic E-state index is 12.0. The number of nitrogens with zero attached hydrogens (tertiary/aromatic N) is 1. The van der Waals surface area contributed by atoms with Gasteiger partial charge >= 0.3 is 18.0 Å². The molecule has 0 aromatic heterocycles. The molecule has 10 heteroatoms. The molecule has 0 unspecified atom stereocenters. The van der Waals surface area contributed by atoms with Crippen molar-refractivity contribution in [3.05, 3.63) is 29.8 Å². The molecule has 1 aliphatic heterocycles. The Balaban J connectivity index is 1.75. The van der Waals surface area contributed by atoms with E-state index in [1.54, 1.807) is 27.7 Å². The molecule has 1 saturated heterocycles. The average Bonchev–Trinajstić information content (AvgIpc) is 2.85. The highest BCUT2D eigenvalue weighted by molar-refractivity contribution is 6.06. The van der Waals surface area contributed by atoms with Crippen molar-refractivity contribution in [1.82, 2.24) is 10.2 Å². The van der Waals surface area contributed by atoms with Gasteiger partial charge in [-0.25, -0.2) is 9.59 Å². The zero-order valence-corrected chi connectivity index (χ0v) is 17.3. The number of rotatable bonds is 8. The van der Waals surface area contributed by atoms with E-state index in [9.17, 15) is 24.0 Å². The average molecular weight is 419 g/mol. The number of carbonyl (C=O) groups excluding carboxylic acids is 5. The standard InChI is InChI=1S/C20H25N3O7/c1-12(2)30-17(26)13-5-7-14(8-6-13)21-15(24)11-29-16(25)9-10-23-18(27)20(3,4)22-19(23)28/h5-8,12H,9-11H2,1-4H3,(H,21,24)(H,22,28). The van der Waals surface area contributed by atoms with Crippen molar-refractivity contribution >= 4 is 35.5 Å². The summed E-state index contributed by atoms with van der Waals surface area (Å²) in [6, 6.07) is 5.49. The lowest BCUT2D eigenvalue weighted by Crippen LogP contribution is -2.40. The van der Waals surface area contributed by atoms with E-state index in [4.69, 9.17) is 9.47 Å². The number of anilines is 1. The van der Waals surface area contributed by atoms with Crippen molar-refractivity contribution < 1.29 is 33.4 Å². The van der Waals surface area contributed by atoms with Gasteiger partial charge in [-0.05, 0) is 52.0 Å². The van der Waals surface area contributed by atoms with E-state index in [0.717, 1.165) is 4.90 Å². The number of hydrogen-bond acceptors (Lipinski definition) is 7. The zero-order valence-electron chi connectivity index (χ0n) is 17.3. The maximum absolute atomic E-state index is 12.0. The van der Waals surface area contributed by atoms with Crippen LogP contribution in [0.25, 0.3) is 0 Å². The second-order valence-corrected chi connectivity index (χ2v) is 7.50. The number of ether oxygens (including phenoxy) is 2. The quantitative estimate of drug-likeness (QED) is 0.482. The van der Waals surface area contributed by atoms with E-state index in [-0.39, 0.29) is 19.1 Å². The highest BCUT2D eigenvalue weighted by Crippen LogP contribution is 2.17. The van der Waals surface area contributed by atoms with Crippen molar-refractivity contribution in [1.29, 1.82) is 0 Å². The fourth-order valence-corrected chi connectivity index (χ4v) is 2.61. The molecule has 0 aliphatic carbocycles. The first-order valence-electron chi connectivity index (χ1n) is 9.40. The normalized spacial score (nSPS) is 15.0. The van der Waals surface area contributed by atoms with Crippen LogP contribution in [0.2, 0.25) is 0 Å². The fraction of sp³-hybridized carbons (Fsp3) is 0.450. The molecular weight excluding hydrogens is 394 g/mol. The summed E-state index contributed by atoms with van der Waals surface area (Å²) in [6.07, 6.45) is -0.467. The molecule has 4 amide bonds. The first-order chi connectivity index (χ1) is 14.0. The molecule has 1 aromatic rings. The number of hydrogen-bond donors (Lipinski definition) is 2. The molecule has 1 aromatic carbocycles. The smallest absolute Gasteiger partial charge is 0.338 e. The zero-order chi connectivity index (χ0) is 22.5. The molecule has 30 heavy (non-hydrogen) atoms. The highest BCUT2D eigenvalue weighted by atomic mass is 16.5. The van der Waals surface area contributed by atoms with Gasteiger partial charge in [0.1, 0.15) is 5.54 Å². The minimum absolute atomic E-state index is 0.136. The predicted octanol–water partition coefficient (Wildman–Crippen LogP) is 1.45. The first kappa shape index (κ1) is 22.9. The van der Waals surface area contributed by atoms with E-state index in [1.165, 1.54) is 24.3 Å². The van der Waals surface area contributed by atoms with Gasteiger partial charge in [0, 0.05) is 12.2 Å². The molecule has 10 nitrogen and oxygen atoms in total. The SMILES string of the molecule is CC(C)OC(=O)c1ccc(NC(=O)COC(=O)CCN2C(=O)NC(C)(C)C2=O)cc1. The molecule has 0 spiro atoms. The van der Waals surface area contributed by atoms with Crippen LogP contribution >= 0.6 is 0 Å². The van der Waals surface area contributed by atoms with Gasteiger partial charge in [-0.2, -0.15) is 0 Å². The molecule has 1 aliphatic rings. The van der Waals surface area contributed by atoms with E-state index < -0.39 is 41.9 Å². The van der Waals surface area contributed by atoms with Crippen LogP contribution < -0.4 is 10.6 Å². The van der Waals surface area contributed by atoms with Crippen molar-refractivity contribution in [3.8, 4) is 0 Å². The maximum Gasteiger partial charge on any atom is 0.338 e. The van der Waals surface area contributed by atoms with Crippen molar-refractivity contribution in [2.24, 2.45) is 0 Å². The molecule has 0 saturated carbocycles. The Labute approximate surface area is 173 Å². The number of benzene rings is 1. The van der Waals surface area contributed by atoms with Crippen LogP contribution in [0.1, 0.15) is 44.5 Å². The number of imide groups is 1. The molecule has 1 heterocycles. The lowest BCUT2D eigenvalue weighted by molar-refractivity contribution is -0.147. The number of amides is 4. The molecular formula is C20H25N3O7. The molecule has 2 N–H and O–H groups in total. The van der Waals surface area contributed by atoms with Crippen LogP contribution in [0.15, 0.2) is 24.3 Å². The summed E-state index contributed by atoms with van der Waals surface area (Å²) in [4.78, 5) is 60.2. The molecule has 162 valence electrons. The van der Waals surface area contributed by atoms with Crippen molar-refractivity contribution in [2.45, 2.75) is 45.8 Å². The molecule has 0 atom stereocenters. The monoisotopic (exact) mass is 419 g/mol. The van der Waals surface area contributed by atoms with Gasteiger partial charge in [0.25, 0.3) is 11.8 Å². The van der Waals surface area contributed by atoms with Crippen LogP contribution in [0.5, 0.6) is 0 Å². The van der Waals surface area contributed by atoms with Gasteiger partial charge in [-0.3, -0.25) is 19.3 Å². The second-order valence-electron chi connectivity index (χ2n) is 7.50. The minimum atomic E-state index is -1.01. The Morgan fingerprint density at radius 3 is 2.30 bits per heavy atom. The first-order valence-corrected chi connectivity index (χ1v) is 9.40. The Morgan fingerprint density at radius 2 is 1.77 bits per heavy atom. The van der Waals surface area contributed by atoms with Gasteiger partial charge in [-0.15, -0.1) is 0 Å². The number of urea groups is 1. The lowest BCUT2D eigenvalue weighted by Gasteiger charge is -2.15. The third-order valence-electron chi connectivity index (χ3n) is 4.10. The summed E-state index contributed by atoms with van der Waals surface area (Å²) < 4.78 is 9.94. The van der Waals surface area contributed by atoms with E-state index in [0.29, 0.717) is 11.3 Å². The van der Waals surface area contributed by atoms with Crippen LogP contribution in [0.4, 0.5) is 10.5 Å². The van der Waals surface area contributed by atoms with E-state index in [2.05, 4.69) is 10.6 Å². The van der Waals surface area contributed by atoms with Crippen LogP contribution in [0.3, 0.4) is 0 Å². The van der Waals surface area contributed by atoms with Gasteiger partial charge in [-0.1, -0.05) is 0 Å². The Hall–Kier alpha value is -3.43. The lowest BCUT2D eigenvalue weighted by atomic mass is 10.1. The Kier molecular flexibility index (Phi) is 7.14. The van der Waals surface area contributed by atoms with Gasteiger partial charge < -0.3 is 20.1 Å². The third kappa shape index (κ3) is 6.03. The second kappa shape index (κ2) is 9.38. The van der Waals surface area contributed by atoms with Gasteiger partial charge in [0.15, 0.2) is 6.61 Å². The van der Waals surface area contributed by atoms with Crippen molar-refractivity contribution in [2.75, 3.05) is 18.5 Å². The Morgan fingerprint density at radius 1 is 1.13 bits per heavy atom. The fourth-order valence-electron chi connectivity index (χ4n) is 2.61. The van der Waals surface area contributed by atoms with Crippen LogP contribution in [-0.4, -0.2) is 59.5 Å². The number of carbonyl (C=O) groups is 5. The van der Waals surface area contributed by atoms with E-state index >= 15 is 0 Å². The van der Waals surface area contributed by atoms with Crippen LogP contribution in [0, 0.1) is 0 Å². The summed E-state index contributed by atoms with van der Waals surface area (Å²) in [5.41, 5.74) is -0.252. The largest absolute Gasteiger partial charge is 0.459 e. The van der Waals surface area contributed by atoms with Gasteiger partial charge in [0.2, 0.25) is 0 Å². The van der Waals surface area contributed by atoms with Crippen molar-refractivity contribution in [3.63, 3.8) is 0 Å². The summed E-state index contributed by atoms with van der Waals surface area (Å²) in [5, 5.41) is 5.04. The molecule has 0 bridgehead atoms. The molecule has 0 radical (unpaired) electrons. The minimum Gasteiger partial charge on any atom is -0.459 e. The van der Waals surface area contributed by atoms with E-state index in [1.807, 2.05) is 0 Å². The predicted molar refractivity (Wildman–Crippen MR) is 106 cm³/mol. The number of nitrogens with one attached hydrogen (secondary N) is 2. The molecule has 2 rings (SSSR count). The summed E-state index contributed by atoms with van der Waals surface area (Å²) >= 11 is 0. The number of esters is 2. The molecule has 1 fully saturated rings. The highest BCUT2D eigenvalue weighted by Gasteiger charge is 2.44. The summed E-state index contributed by atoms with van der Waals surface area (Å²) in [5.74, 6) is -2.19.